The molecule has 3 atom stereocenters. The molecular weight excluding hydrogens is 574 g/mol. The number of aryl methyl sites for hydroxylation is 1. The van der Waals surface area contributed by atoms with Crippen LogP contribution in [-0.4, -0.2) is 90.4 Å². The van der Waals surface area contributed by atoms with Crippen molar-refractivity contribution in [1.29, 1.82) is 0 Å². The number of thiazole rings is 1. The first-order valence-electron chi connectivity index (χ1n) is 14.2. The van der Waals surface area contributed by atoms with Crippen LogP contribution in [0.5, 0.6) is 0 Å². The largest absolute Gasteiger partial charge is 0.391 e. The van der Waals surface area contributed by atoms with Gasteiger partial charge in [0.05, 0.1) is 48.6 Å². The molecule has 0 spiro atoms. The van der Waals surface area contributed by atoms with Gasteiger partial charge in [-0.3, -0.25) is 14.4 Å². The lowest BCUT2D eigenvalue weighted by Crippen LogP contribution is -2.57. The second kappa shape index (κ2) is 16.3. The second-order valence-electron chi connectivity index (χ2n) is 11.4. The van der Waals surface area contributed by atoms with Crippen LogP contribution in [0.15, 0.2) is 34.9 Å². The molecule has 234 valence electrons. The van der Waals surface area contributed by atoms with Gasteiger partial charge < -0.3 is 30.1 Å². The fraction of sp³-hybridized carbons (Fsp3) is 0.586. The Hall–Kier alpha value is -3.55. The summed E-state index contributed by atoms with van der Waals surface area (Å²) in [6.45, 7) is 8.96. The van der Waals surface area contributed by atoms with Crippen molar-refractivity contribution >= 4 is 29.1 Å². The maximum absolute atomic E-state index is 13.7. The number of carbonyl (C=O) groups is 3. The molecule has 3 rings (SSSR count). The van der Waals surface area contributed by atoms with Gasteiger partial charge >= 0.3 is 0 Å². The summed E-state index contributed by atoms with van der Waals surface area (Å²) < 4.78 is 10.7. The van der Waals surface area contributed by atoms with E-state index in [4.69, 9.17) is 15.0 Å². The molecule has 3 amide bonds. The number of hydrogen-bond donors (Lipinski definition) is 3. The number of likely N-dealkylation sites (tertiary alicyclic amines) is 1. The van der Waals surface area contributed by atoms with E-state index in [-0.39, 0.29) is 64.1 Å². The number of aromatic nitrogens is 1. The number of azide groups is 1. The number of nitrogens with one attached hydrogen (secondary N) is 2. The van der Waals surface area contributed by atoms with Crippen molar-refractivity contribution in [2.75, 3.05) is 39.5 Å². The normalized spacial score (nSPS) is 17.3. The van der Waals surface area contributed by atoms with Gasteiger partial charge in [0.25, 0.3) is 0 Å². The van der Waals surface area contributed by atoms with Crippen LogP contribution in [0.2, 0.25) is 0 Å². The third-order valence-electron chi connectivity index (χ3n) is 6.96. The van der Waals surface area contributed by atoms with Crippen LogP contribution in [0.4, 0.5) is 0 Å². The van der Waals surface area contributed by atoms with Crippen LogP contribution in [0.3, 0.4) is 0 Å². The molecule has 0 bridgehead atoms. The highest BCUT2D eigenvalue weighted by Gasteiger charge is 2.44. The average Bonchev–Trinajstić information content (AvgIpc) is 3.58. The molecule has 1 fully saturated rings. The molecule has 0 radical (unpaired) electrons. The molecule has 0 saturated carbocycles. The summed E-state index contributed by atoms with van der Waals surface area (Å²) >= 11 is 1.57. The summed E-state index contributed by atoms with van der Waals surface area (Å²) in [6.07, 6.45) is -0.697. The molecule has 1 saturated heterocycles. The Bertz CT molecular complexity index is 1270. The monoisotopic (exact) mass is 615 g/mol. The highest BCUT2D eigenvalue weighted by molar-refractivity contribution is 7.13. The van der Waals surface area contributed by atoms with Crippen molar-refractivity contribution in [3.8, 4) is 10.4 Å². The Morgan fingerprint density at radius 3 is 2.51 bits per heavy atom. The molecule has 13 nitrogen and oxygen atoms in total. The van der Waals surface area contributed by atoms with E-state index in [2.05, 4.69) is 25.6 Å². The van der Waals surface area contributed by atoms with Gasteiger partial charge in [0.2, 0.25) is 17.7 Å². The van der Waals surface area contributed by atoms with Gasteiger partial charge in [-0.25, -0.2) is 4.98 Å². The van der Waals surface area contributed by atoms with Crippen LogP contribution < -0.4 is 10.6 Å². The van der Waals surface area contributed by atoms with Gasteiger partial charge in [-0.2, -0.15) is 0 Å². The zero-order valence-electron chi connectivity index (χ0n) is 25.1. The molecular formula is C29H41N7O6S. The lowest BCUT2D eigenvalue weighted by molar-refractivity contribution is -0.144. The Morgan fingerprint density at radius 1 is 1.19 bits per heavy atom. The zero-order chi connectivity index (χ0) is 31.4. The molecule has 0 aliphatic carbocycles. The predicted molar refractivity (Wildman–Crippen MR) is 162 cm³/mol. The first-order valence-corrected chi connectivity index (χ1v) is 15.1. The van der Waals surface area contributed by atoms with E-state index in [0.717, 1.165) is 21.7 Å². The lowest BCUT2D eigenvalue weighted by atomic mass is 9.85. The van der Waals surface area contributed by atoms with Crippen LogP contribution in [0, 0.1) is 12.3 Å². The minimum absolute atomic E-state index is 0.00502. The number of benzene rings is 1. The second-order valence-corrected chi connectivity index (χ2v) is 12.2. The van der Waals surface area contributed by atoms with E-state index < -0.39 is 29.5 Å². The summed E-state index contributed by atoms with van der Waals surface area (Å²) in [7, 11) is 0. The average molecular weight is 616 g/mol. The van der Waals surface area contributed by atoms with Gasteiger partial charge in [0, 0.05) is 37.4 Å². The standard InChI is InChI=1S/C29H41N7O6S/c1-19-25(43-18-32-19)21-7-5-20(6-8-21)16-31-27(39)23-15-22(37)17-36(23)28(40)26(29(2,3)4)34-24(38)9-11-41-13-14-42-12-10-33-35-30/h5-8,18,22-23,26,37H,9-17H2,1-4H3,(H,31,39)(H,34,38)/t22-,23+,26-/m1/s1. The van der Waals surface area contributed by atoms with Crippen LogP contribution in [0.25, 0.3) is 20.9 Å². The van der Waals surface area contributed by atoms with E-state index in [9.17, 15) is 19.5 Å². The number of hydrogen-bond acceptors (Lipinski definition) is 9. The molecule has 1 aliphatic heterocycles. The summed E-state index contributed by atoms with van der Waals surface area (Å²) in [4.78, 5) is 49.0. The van der Waals surface area contributed by atoms with Gasteiger partial charge in [-0.15, -0.1) is 11.3 Å². The Kier molecular flexibility index (Phi) is 12.9. The minimum Gasteiger partial charge on any atom is -0.391 e. The molecule has 43 heavy (non-hydrogen) atoms. The molecule has 2 heterocycles. The smallest absolute Gasteiger partial charge is 0.246 e. The molecule has 1 aromatic heterocycles. The topological polar surface area (TPSA) is 179 Å². The Morgan fingerprint density at radius 2 is 1.88 bits per heavy atom. The first kappa shape index (κ1) is 33.9. The van der Waals surface area contributed by atoms with E-state index in [0.29, 0.717) is 6.61 Å². The summed E-state index contributed by atoms with van der Waals surface area (Å²) in [5.41, 5.74) is 12.3. The number of nitrogens with zero attached hydrogens (tertiary/aromatic N) is 5. The number of rotatable bonds is 15. The van der Waals surface area contributed by atoms with E-state index >= 15 is 0 Å². The van der Waals surface area contributed by atoms with E-state index in [1.54, 1.807) is 11.3 Å². The lowest BCUT2D eigenvalue weighted by Gasteiger charge is -2.35. The van der Waals surface area contributed by atoms with Gasteiger partial charge in [0.1, 0.15) is 12.1 Å². The third-order valence-corrected chi connectivity index (χ3v) is 7.93. The number of β-amino-alcohol motifs (C(OH)–C–C–N with tert-alkyl or cyclic N) is 1. The van der Waals surface area contributed by atoms with Crippen molar-refractivity contribution in [1.82, 2.24) is 20.5 Å². The number of aliphatic hydroxyl groups excluding tert-OH is 1. The van der Waals surface area contributed by atoms with Gasteiger partial charge in [-0.05, 0) is 29.0 Å². The van der Waals surface area contributed by atoms with Gasteiger partial charge in [0.15, 0.2) is 0 Å². The van der Waals surface area contributed by atoms with Crippen molar-refractivity contribution in [3.63, 3.8) is 0 Å². The van der Waals surface area contributed by atoms with Crippen molar-refractivity contribution in [2.45, 2.75) is 65.3 Å². The maximum Gasteiger partial charge on any atom is 0.246 e. The number of amides is 3. The Labute approximate surface area is 255 Å². The molecule has 1 aliphatic rings. The Balaban J connectivity index is 1.53. The quantitative estimate of drug-likeness (QED) is 0.119. The highest BCUT2D eigenvalue weighted by Crippen LogP contribution is 2.28. The van der Waals surface area contributed by atoms with Crippen LogP contribution in [-0.2, 0) is 30.4 Å². The van der Waals surface area contributed by atoms with Crippen molar-refractivity contribution in [3.05, 3.63) is 51.5 Å². The predicted octanol–water partition coefficient (Wildman–Crippen LogP) is 2.96. The molecule has 2 aromatic rings. The van der Waals surface area contributed by atoms with E-state index in [1.165, 1.54) is 4.90 Å². The van der Waals surface area contributed by atoms with E-state index in [1.807, 2.05) is 57.5 Å². The van der Waals surface area contributed by atoms with Crippen molar-refractivity contribution in [2.24, 2.45) is 10.5 Å². The SMILES string of the molecule is Cc1ncsc1-c1ccc(CNC(=O)[C@@H]2C[C@@H](O)CN2C(=O)[C@@H](NC(=O)CCOCCOCCN=[N+]=[N-])C(C)(C)C)cc1. The third kappa shape index (κ3) is 10.3. The summed E-state index contributed by atoms with van der Waals surface area (Å²) in [6, 6.07) is 6.09. The molecule has 1 aromatic carbocycles. The number of ether oxygens (including phenoxy) is 2. The van der Waals surface area contributed by atoms with Crippen LogP contribution in [0.1, 0.15) is 44.9 Å². The minimum atomic E-state index is -0.910. The first-order chi connectivity index (χ1) is 20.5. The number of aliphatic hydroxyl groups is 1. The molecule has 3 N–H and O–H groups in total. The van der Waals surface area contributed by atoms with Crippen molar-refractivity contribution < 1.29 is 29.0 Å². The highest BCUT2D eigenvalue weighted by atomic mass is 32.1. The number of carbonyl (C=O) groups excluding carboxylic acids is 3. The summed E-state index contributed by atoms with van der Waals surface area (Å²) in [5, 5.41) is 19.5. The zero-order valence-corrected chi connectivity index (χ0v) is 25.9. The maximum atomic E-state index is 13.7. The fourth-order valence-corrected chi connectivity index (χ4v) is 5.46. The van der Waals surface area contributed by atoms with Gasteiger partial charge in [-0.1, -0.05) is 50.2 Å². The molecule has 0 unspecified atom stereocenters. The van der Waals surface area contributed by atoms with Crippen LogP contribution >= 0.6 is 11.3 Å². The fourth-order valence-electron chi connectivity index (χ4n) is 4.65. The summed E-state index contributed by atoms with van der Waals surface area (Å²) in [5.74, 6) is -1.15. The molecule has 14 heteroatoms.